The lowest BCUT2D eigenvalue weighted by Gasteiger charge is -2.09. The molecule has 5 nitrogen and oxygen atoms in total. The fraction of sp³-hybridized carbons (Fsp3) is 0.200. The van der Waals surface area contributed by atoms with Gasteiger partial charge in [-0.1, -0.05) is 60.1 Å². The van der Waals surface area contributed by atoms with E-state index in [2.05, 4.69) is 11.5 Å². The van der Waals surface area contributed by atoms with Gasteiger partial charge in [-0.15, -0.1) is 0 Å². The molecule has 6 heteroatoms. The van der Waals surface area contributed by atoms with Crippen LogP contribution in [0.4, 0.5) is 0 Å². The molecular formula is C25H22ClN3O2. The van der Waals surface area contributed by atoms with E-state index in [0.29, 0.717) is 18.8 Å². The summed E-state index contributed by atoms with van der Waals surface area (Å²) in [5.74, 6) is 1.00. The van der Waals surface area contributed by atoms with Crippen LogP contribution in [0, 0.1) is 6.92 Å². The number of carbonyl (C=O) groups is 1. The lowest BCUT2D eigenvalue weighted by molar-refractivity contribution is 0.0920. The number of aryl methyl sites for hydroxylation is 2. The van der Waals surface area contributed by atoms with Gasteiger partial charge in [0.1, 0.15) is 5.76 Å². The van der Waals surface area contributed by atoms with Gasteiger partial charge in [-0.05, 0) is 36.1 Å². The Morgan fingerprint density at radius 2 is 1.90 bits per heavy atom. The summed E-state index contributed by atoms with van der Waals surface area (Å²) in [5.41, 5.74) is 5.92. The fourth-order valence-electron chi connectivity index (χ4n) is 4.12. The molecule has 2 aromatic carbocycles. The Morgan fingerprint density at radius 3 is 2.71 bits per heavy atom. The van der Waals surface area contributed by atoms with E-state index in [1.807, 2.05) is 66.2 Å². The van der Waals surface area contributed by atoms with Gasteiger partial charge < -0.3 is 9.73 Å². The largest absolute Gasteiger partial charge is 0.455 e. The number of furan rings is 1. The standard InChI is InChI=1S/C25H22ClN3O2/c1-16-22-21(31-24(16)25(30)27-13-17-7-3-2-4-8-17)12-11-19-15-29(28-23(19)22)14-18-9-5-6-10-20(18)26/h2-10,15H,11-14H2,1H3,(H,27,30). The molecule has 1 aliphatic carbocycles. The van der Waals surface area contributed by atoms with Crippen molar-refractivity contribution in [3.8, 4) is 11.3 Å². The lowest BCUT2D eigenvalue weighted by atomic mass is 9.93. The highest BCUT2D eigenvalue weighted by molar-refractivity contribution is 6.31. The van der Waals surface area contributed by atoms with Crippen LogP contribution in [-0.2, 0) is 25.9 Å². The summed E-state index contributed by atoms with van der Waals surface area (Å²) in [5, 5.41) is 8.51. The number of benzene rings is 2. The summed E-state index contributed by atoms with van der Waals surface area (Å²) < 4.78 is 7.93. The highest BCUT2D eigenvalue weighted by atomic mass is 35.5. The van der Waals surface area contributed by atoms with E-state index in [-0.39, 0.29) is 5.91 Å². The Hall–Kier alpha value is -3.31. The molecule has 156 valence electrons. The van der Waals surface area contributed by atoms with E-state index in [1.54, 1.807) is 0 Å². The van der Waals surface area contributed by atoms with Crippen LogP contribution < -0.4 is 5.32 Å². The van der Waals surface area contributed by atoms with Crippen molar-refractivity contribution in [2.75, 3.05) is 0 Å². The first-order valence-corrected chi connectivity index (χ1v) is 10.7. The molecule has 2 heterocycles. The molecule has 0 bridgehead atoms. The molecule has 0 unspecified atom stereocenters. The average Bonchev–Trinajstić information content (AvgIpc) is 3.34. The number of carbonyl (C=O) groups excluding carboxylic acids is 1. The second-order valence-electron chi connectivity index (χ2n) is 7.81. The maximum Gasteiger partial charge on any atom is 0.287 e. The fourth-order valence-corrected chi connectivity index (χ4v) is 4.32. The lowest BCUT2D eigenvalue weighted by Crippen LogP contribution is -2.22. The van der Waals surface area contributed by atoms with Crippen LogP contribution in [0.5, 0.6) is 0 Å². The Bertz CT molecular complexity index is 1260. The Labute approximate surface area is 185 Å². The second-order valence-corrected chi connectivity index (χ2v) is 8.22. The molecule has 0 atom stereocenters. The summed E-state index contributed by atoms with van der Waals surface area (Å²) in [6, 6.07) is 17.6. The molecule has 0 saturated heterocycles. The summed E-state index contributed by atoms with van der Waals surface area (Å²) in [6.07, 6.45) is 3.67. The molecule has 0 saturated carbocycles. The topological polar surface area (TPSA) is 60.1 Å². The first-order chi connectivity index (χ1) is 15.1. The van der Waals surface area contributed by atoms with Gasteiger partial charge in [0.2, 0.25) is 0 Å². The van der Waals surface area contributed by atoms with E-state index >= 15 is 0 Å². The molecule has 31 heavy (non-hydrogen) atoms. The van der Waals surface area contributed by atoms with Crippen molar-refractivity contribution in [1.82, 2.24) is 15.1 Å². The van der Waals surface area contributed by atoms with E-state index in [4.69, 9.17) is 21.1 Å². The summed E-state index contributed by atoms with van der Waals surface area (Å²) in [4.78, 5) is 12.8. The molecule has 1 aliphatic rings. The first kappa shape index (κ1) is 19.6. The summed E-state index contributed by atoms with van der Waals surface area (Å²) >= 11 is 6.32. The number of halogens is 1. The number of aromatic nitrogens is 2. The number of hydrogen-bond acceptors (Lipinski definition) is 3. The van der Waals surface area contributed by atoms with Crippen LogP contribution in [0.25, 0.3) is 11.3 Å². The zero-order valence-corrected chi connectivity index (χ0v) is 17.9. The second kappa shape index (κ2) is 8.08. The van der Waals surface area contributed by atoms with Crippen molar-refractivity contribution >= 4 is 17.5 Å². The number of amides is 1. The van der Waals surface area contributed by atoms with Crippen molar-refractivity contribution in [3.63, 3.8) is 0 Å². The van der Waals surface area contributed by atoms with E-state index < -0.39 is 0 Å². The third kappa shape index (κ3) is 3.77. The van der Waals surface area contributed by atoms with Gasteiger partial charge in [-0.2, -0.15) is 5.10 Å². The van der Waals surface area contributed by atoms with Crippen LogP contribution in [0.3, 0.4) is 0 Å². The van der Waals surface area contributed by atoms with Gasteiger partial charge in [0.25, 0.3) is 5.91 Å². The average molecular weight is 432 g/mol. The number of hydrogen-bond donors (Lipinski definition) is 1. The molecular weight excluding hydrogens is 410 g/mol. The highest BCUT2D eigenvalue weighted by Crippen LogP contribution is 2.38. The Kier molecular flexibility index (Phi) is 5.12. The zero-order valence-electron chi connectivity index (χ0n) is 17.2. The maximum absolute atomic E-state index is 12.8. The van der Waals surface area contributed by atoms with Crippen molar-refractivity contribution < 1.29 is 9.21 Å². The molecule has 5 rings (SSSR count). The van der Waals surface area contributed by atoms with E-state index in [0.717, 1.165) is 51.6 Å². The van der Waals surface area contributed by atoms with Crippen molar-refractivity contribution in [2.24, 2.45) is 0 Å². The molecule has 1 amide bonds. The molecule has 0 spiro atoms. The predicted octanol–water partition coefficient (Wildman–Crippen LogP) is 5.18. The van der Waals surface area contributed by atoms with Crippen molar-refractivity contribution in [2.45, 2.75) is 32.9 Å². The third-order valence-corrected chi connectivity index (χ3v) is 6.08. The van der Waals surface area contributed by atoms with Gasteiger partial charge in [-0.25, -0.2) is 0 Å². The minimum Gasteiger partial charge on any atom is -0.455 e. The molecule has 1 N–H and O–H groups in total. The minimum atomic E-state index is -0.201. The Morgan fingerprint density at radius 1 is 1.13 bits per heavy atom. The summed E-state index contributed by atoms with van der Waals surface area (Å²) in [6.45, 7) is 2.99. The van der Waals surface area contributed by atoms with Gasteiger partial charge in [0.15, 0.2) is 5.76 Å². The number of fused-ring (bicyclic) bond motifs is 3. The zero-order chi connectivity index (χ0) is 21.4. The maximum atomic E-state index is 12.8. The SMILES string of the molecule is Cc1c(C(=O)NCc2ccccc2)oc2c1-c1nn(Cc3ccccc3Cl)cc1CC2. The minimum absolute atomic E-state index is 0.201. The highest BCUT2D eigenvalue weighted by Gasteiger charge is 2.29. The molecule has 4 aromatic rings. The normalized spacial score (nSPS) is 12.3. The Balaban J connectivity index is 1.40. The van der Waals surface area contributed by atoms with Crippen molar-refractivity contribution in [1.29, 1.82) is 0 Å². The predicted molar refractivity (Wildman–Crippen MR) is 120 cm³/mol. The van der Waals surface area contributed by atoms with Gasteiger partial charge in [0, 0.05) is 35.3 Å². The molecule has 0 aliphatic heterocycles. The van der Waals surface area contributed by atoms with Gasteiger partial charge >= 0.3 is 0 Å². The molecule has 0 fully saturated rings. The quantitative estimate of drug-likeness (QED) is 0.473. The van der Waals surface area contributed by atoms with E-state index in [9.17, 15) is 4.79 Å². The monoisotopic (exact) mass is 431 g/mol. The summed E-state index contributed by atoms with van der Waals surface area (Å²) in [7, 11) is 0. The van der Waals surface area contributed by atoms with Crippen LogP contribution in [0.1, 0.15) is 38.6 Å². The smallest absolute Gasteiger partial charge is 0.287 e. The van der Waals surface area contributed by atoms with Crippen molar-refractivity contribution in [3.05, 3.63) is 99.6 Å². The van der Waals surface area contributed by atoms with Gasteiger partial charge in [0.05, 0.1) is 12.2 Å². The molecule has 2 aromatic heterocycles. The van der Waals surface area contributed by atoms with Crippen LogP contribution >= 0.6 is 11.6 Å². The number of nitrogens with zero attached hydrogens (tertiary/aromatic N) is 2. The first-order valence-electron chi connectivity index (χ1n) is 10.3. The van der Waals surface area contributed by atoms with Crippen LogP contribution in [0.15, 0.2) is 65.2 Å². The molecule has 0 radical (unpaired) electrons. The van der Waals surface area contributed by atoms with Crippen LogP contribution in [-0.4, -0.2) is 15.7 Å². The third-order valence-electron chi connectivity index (χ3n) is 5.71. The van der Waals surface area contributed by atoms with E-state index in [1.165, 1.54) is 5.56 Å². The van der Waals surface area contributed by atoms with Crippen LogP contribution in [0.2, 0.25) is 5.02 Å². The number of nitrogens with one attached hydrogen (secondary N) is 1. The number of rotatable bonds is 5. The van der Waals surface area contributed by atoms with Gasteiger partial charge in [-0.3, -0.25) is 9.48 Å².